The molecule has 0 spiro atoms. The minimum Gasteiger partial charge on any atom is -0.347 e. The molecule has 2 aromatic rings. The fraction of sp³-hybridized carbons (Fsp3) is 0.235. The Morgan fingerprint density at radius 2 is 1.81 bits per heavy atom. The summed E-state index contributed by atoms with van der Waals surface area (Å²) >= 11 is 0. The largest absolute Gasteiger partial charge is 0.347 e. The third kappa shape index (κ3) is 5.00. The number of hydrogen-bond acceptors (Lipinski definition) is 1. The molecule has 4 heteroatoms. The second-order valence-corrected chi connectivity index (χ2v) is 5.04. The fourth-order valence-electron chi connectivity index (χ4n) is 2.05. The zero-order chi connectivity index (χ0) is 15.1. The molecular formula is C17H20FN2O+. The van der Waals surface area contributed by atoms with Crippen LogP contribution in [0.5, 0.6) is 0 Å². The molecule has 3 N–H and O–H groups in total. The number of halogens is 1. The molecule has 0 fully saturated rings. The molecule has 2 aromatic carbocycles. The van der Waals surface area contributed by atoms with Crippen LogP contribution in [0.3, 0.4) is 0 Å². The van der Waals surface area contributed by atoms with E-state index in [1.54, 1.807) is 12.1 Å². The summed E-state index contributed by atoms with van der Waals surface area (Å²) in [6.45, 7) is 2.87. The van der Waals surface area contributed by atoms with Gasteiger partial charge in [-0.25, -0.2) is 4.39 Å². The summed E-state index contributed by atoms with van der Waals surface area (Å²) in [7, 11) is 0. The monoisotopic (exact) mass is 287 g/mol. The van der Waals surface area contributed by atoms with Crippen molar-refractivity contribution in [3.05, 3.63) is 71.5 Å². The molecule has 0 heterocycles. The van der Waals surface area contributed by atoms with E-state index in [0.29, 0.717) is 13.1 Å². The van der Waals surface area contributed by atoms with E-state index in [0.717, 1.165) is 5.56 Å². The number of carbonyl (C=O) groups is 1. The lowest BCUT2D eigenvalue weighted by Crippen LogP contribution is -2.87. The number of nitrogens with one attached hydrogen (secondary N) is 1. The number of amides is 1. The van der Waals surface area contributed by atoms with Crippen molar-refractivity contribution in [2.75, 3.05) is 6.54 Å². The first-order valence-electron chi connectivity index (χ1n) is 7.04. The summed E-state index contributed by atoms with van der Waals surface area (Å²) in [5.74, 6) is -0.294. The van der Waals surface area contributed by atoms with Gasteiger partial charge in [0.05, 0.1) is 0 Å². The Hall–Kier alpha value is -2.20. The number of rotatable bonds is 6. The van der Waals surface area contributed by atoms with Gasteiger partial charge in [-0.1, -0.05) is 42.5 Å². The molecule has 0 unspecified atom stereocenters. The molecule has 0 saturated heterocycles. The molecule has 0 aliphatic rings. The Bertz CT molecular complexity index is 569. The molecule has 21 heavy (non-hydrogen) atoms. The third-order valence-corrected chi connectivity index (χ3v) is 3.39. The maximum absolute atomic E-state index is 12.8. The van der Waals surface area contributed by atoms with Crippen LogP contribution >= 0.6 is 0 Å². The van der Waals surface area contributed by atoms with E-state index in [2.05, 4.69) is 24.4 Å². The molecule has 0 radical (unpaired) electrons. The molecule has 0 aliphatic heterocycles. The van der Waals surface area contributed by atoms with Gasteiger partial charge >= 0.3 is 0 Å². The summed E-state index contributed by atoms with van der Waals surface area (Å²) < 4.78 is 12.8. The van der Waals surface area contributed by atoms with Gasteiger partial charge < -0.3 is 10.6 Å². The smallest absolute Gasteiger partial charge is 0.275 e. The van der Waals surface area contributed by atoms with Crippen molar-refractivity contribution < 1.29 is 14.5 Å². The highest BCUT2D eigenvalue weighted by Gasteiger charge is 2.10. The standard InChI is InChI=1S/C17H19FN2O/c1-13(15-5-3-2-4-6-15)19-12-17(21)20-11-14-7-9-16(18)10-8-14/h2-10,13,19H,11-12H2,1H3,(H,20,21)/p+1/t13-/m1/s1. The fourth-order valence-corrected chi connectivity index (χ4v) is 2.05. The topological polar surface area (TPSA) is 45.7 Å². The van der Waals surface area contributed by atoms with Gasteiger partial charge in [-0.2, -0.15) is 0 Å². The summed E-state index contributed by atoms with van der Waals surface area (Å²) in [6.07, 6.45) is 0. The lowest BCUT2D eigenvalue weighted by Gasteiger charge is -2.11. The van der Waals surface area contributed by atoms with Crippen molar-refractivity contribution in [1.29, 1.82) is 0 Å². The molecule has 2 rings (SSSR count). The van der Waals surface area contributed by atoms with Crippen molar-refractivity contribution in [2.24, 2.45) is 0 Å². The summed E-state index contributed by atoms with van der Waals surface area (Å²) in [5, 5.41) is 4.83. The van der Waals surface area contributed by atoms with E-state index >= 15 is 0 Å². The van der Waals surface area contributed by atoms with Gasteiger partial charge in [0.15, 0.2) is 6.54 Å². The second kappa shape index (κ2) is 7.55. The quantitative estimate of drug-likeness (QED) is 0.835. The first-order valence-corrected chi connectivity index (χ1v) is 7.04. The van der Waals surface area contributed by atoms with Gasteiger partial charge in [-0.3, -0.25) is 4.79 Å². The van der Waals surface area contributed by atoms with Crippen LogP contribution in [-0.2, 0) is 11.3 Å². The van der Waals surface area contributed by atoms with Crippen LogP contribution in [0.1, 0.15) is 24.1 Å². The number of quaternary nitrogens is 1. The van der Waals surface area contributed by atoms with Crippen LogP contribution in [0.2, 0.25) is 0 Å². The highest BCUT2D eigenvalue weighted by atomic mass is 19.1. The van der Waals surface area contributed by atoms with Gasteiger partial charge in [0, 0.05) is 12.1 Å². The Balaban J connectivity index is 1.73. The van der Waals surface area contributed by atoms with Crippen LogP contribution in [0.25, 0.3) is 0 Å². The minimum atomic E-state index is -0.268. The zero-order valence-corrected chi connectivity index (χ0v) is 12.1. The number of nitrogens with two attached hydrogens (primary N) is 1. The number of carbonyl (C=O) groups excluding carboxylic acids is 1. The molecular weight excluding hydrogens is 267 g/mol. The predicted molar refractivity (Wildman–Crippen MR) is 79.9 cm³/mol. The predicted octanol–water partition coefficient (Wildman–Crippen LogP) is 1.77. The molecule has 110 valence electrons. The Labute approximate surface area is 124 Å². The summed E-state index contributed by atoms with van der Waals surface area (Å²) in [6, 6.07) is 16.4. The van der Waals surface area contributed by atoms with E-state index in [1.807, 2.05) is 23.5 Å². The molecule has 0 saturated carbocycles. The molecule has 0 aromatic heterocycles. The van der Waals surface area contributed by atoms with Crippen molar-refractivity contribution >= 4 is 5.91 Å². The molecule has 3 nitrogen and oxygen atoms in total. The highest BCUT2D eigenvalue weighted by molar-refractivity contribution is 5.76. The van der Waals surface area contributed by atoms with Crippen LogP contribution in [0, 0.1) is 5.82 Å². The van der Waals surface area contributed by atoms with Crippen molar-refractivity contribution in [1.82, 2.24) is 5.32 Å². The first kappa shape index (κ1) is 15.2. The van der Waals surface area contributed by atoms with Gasteiger partial charge in [0.2, 0.25) is 0 Å². The molecule has 0 bridgehead atoms. The average molecular weight is 287 g/mol. The number of hydrogen-bond donors (Lipinski definition) is 2. The van der Waals surface area contributed by atoms with Crippen molar-refractivity contribution in [3.63, 3.8) is 0 Å². The van der Waals surface area contributed by atoms with Gasteiger partial charge in [0.1, 0.15) is 11.9 Å². The Morgan fingerprint density at radius 3 is 2.48 bits per heavy atom. The number of benzene rings is 2. The van der Waals surface area contributed by atoms with Gasteiger partial charge in [0.25, 0.3) is 5.91 Å². The van der Waals surface area contributed by atoms with Crippen LogP contribution in [0.4, 0.5) is 4.39 Å². The van der Waals surface area contributed by atoms with Crippen LogP contribution in [-0.4, -0.2) is 12.5 Å². The third-order valence-electron chi connectivity index (χ3n) is 3.39. The zero-order valence-electron chi connectivity index (χ0n) is 12.1. The maximum Gasteiger partial charge on any atom is 0.275 e. The summed E-state index contributed by atoms with van der Waals surface area (Å²) in [4.78, 5) is 11.8. The first-order chi connectivity index (χ1) is 10.1. The summed E-state index contributed by atoms with van der Waals surface area (Å²) in [5.41, 5.74) is 2.09. The highest BCUT2D eigenvalue weighted by Crippen LogP contribution is 2.06. The van der Waals surface area contributed by atoms with Crippen LogP contribution in [0.15, 0.2) is 54.6 Å². The van der Waals surface area contributed by atoms with E-state index in [4.69, 9.17) is 0 Å². The molecule has 1 amide bonds. The van der Waals surface area contributed by atoms with E-state index < -0.39 is 0 Å². The minimum absolute atomic E-state index is 0.0258. The lowest BCUT2D eigenvalue weighted by atomic mass is 10.1. The molecule has 0 aliphatic carbocycles. The van der Waals surface area contributed by atoms with Crippen molar-refractivity contribution in [2.45, 2.75) is 19.5 Å². The molecule has 1 atom stereocenters. The van der Waals surface area contributed by atoms with Crippen molar-refractivity contribution in [3.8, 4) is 0 Å². The lowest BCUT2D eigenvalue weighted by molar-refractivity contribution is -0.682. The average Bonchev–Trinajstić information content (AvgIpc) is 2.53. The second-order valence-electron chi connectivity index (χ2n) is 5.04. The SMILES string of the molecule is C[C@@H]([NH2+]CC(=O)NCc1ccc(F)cc1)c1ccccc1. The van der Waals surface area contributed by atoms with E-state index in [1.165, 1.54) is 17.7 Å². The van der Waals surface area contributed by atoms with Gasteiger partial charge in [-0.05, 0) is 24.6 Å². The van der Waals surface area contributed by atoms with E-state index in [-0.39, 0.29) is 17.8 Å². The van der Waals surface area contributed by atoms with Gasteiger partial charge in [-0.15, -0.1) is 0 Å². The normalized spacial score (nSPS) is 11.9. The Kier molecular flexibility index (Phi) is 5.46. The Morgan fingerprint density at radius 1 is 1.14 bits per heavy atom. The van der Waals surface area contributed by atoms with E-state index in [9.17, 15) is 9.18 Å². The van der Waals surface area contributed by atoms with Crippen LogP contribution < -0.4 is 10.6 Å². The maximum atomic E-state index is 12.8.